The van der Waals surface area contributed by atoms with Crippen LogP contribution in [0.3, 0.4) is 0 Å². The monoisotopic (exact) mass is 703 g/mol. The largest absolute Gasteiger partial charge is 0.488 e. The third-order valence-corrected chi connectivity index (χ3v) is 9.11. The first-order valence-corrected chi connectivity index (χ1v) is 17.0. The van der Waals surface area contributed by atoms with Gasteiger partial charge in [0.05, 0.1) is 21.7 Å². The number of rotatable bonds is 13. The van der Waals surface area contributed by atoms with E-state index in [0.29, 0.717) is 58.2 Å². The van der Waals surface area contributed by atoms with Crippen molar-refractivity contribution in [2.24, 2.45) is 0 Å². The Morgan fingerprint density at radius 2 is 1.31 bits per heavy atom. The highest BCUT2D eigenvalue weighted by molar-refractivity contribution is 6.32. The molecule has 1 N–H and O–H groups in total. The van der Waals surface area contributed by atoms with Crippen molar-refractivity contribution in [2.75, 3.05) is 0 Å². The van der Waals surface area contributed by atoms with Gasteiger partial charge >= 0.3 is 0 Å². The van der Waals surface area contributed by atoms with Crippen molar-refractivity contribution in [1.82, 2.24) is 15.3 Å². The fourth-order valence-electron chi connectivity index (χ4n) is 5.99. The first-order valence-electron chi connectivity index (χ1n) is 16.6. The summed E-state index contributed by atoms with van der Waals surface area (Å²) in [6.07, 6.45) is 7.10. The lowest BCUT2D eigenvalue weighted by Gasteiger charge is -2.17. The summed E-state index contributed by atoms with van der Waals surface area (Å²) in [6.45, 7) is 5.92. The second-order valence-electron chi connectivity index (χ2n) is 12.3. The molecule has 0 unspecified atom stereocenters. The zero-order chi connectivity index (χ0) is 36.5. The minimum absolute atomic E-state index is 0.115. The van der Waals surface area contributed by atoms with Gasteiger partial charge in [-0.2, -0.15) is 10.5 Å². The van der Waals surface area contributed by atoms with Crippen LogP contribution in [0.2, 0.25) is 5.02 Å². The quantitative estimate of drug-likeness (QED) is 0.118. The Bertz CT molecular complexity index is 2330. The number of aromatic nitrogens is 2. The standard InChI is InChI=1S/C43H34ClN5O3/c1-28-36(27-52-43-16-42(37(25-50)15-41(43)44)51-26-34-14-32(18-46)21-49-24-34)5-3-7-39(28)40-8-4-6-38(29(40)2)35-11-9-30(10-12-35)19-47-22-33-13-31(17-45)20-48-23-33/h3-16,20-21,23-25,47H,19,22,26-27H2,1-2H3. The molecule has 256 valence electrons. The molecular formula is C43H34ClN5O3. The third kappa shape index (κ3) is 8.34. The predicted octanol–water partition coefficient (Wildman–Crippen LogP) is 9.08. The van der Waals surface area contributed by atoms with E-state index in [-0.39, 0.29) is 13.2 Å². The number of pyridine rings is 2. The lowest BCUT2D eigenvalue weighted by Crippen LogP contribution is -2.12. The van der Waals surface area contributed by atoms with E-state index in [4.69, 9.17) is 26.3 Å². The molecule has 0 saturated heterocycles. The van der Waals surface area contributed by atoms with Gasteiger partial charge in [0.2, 0.25) is 0 Å². The van der Waals surface area contributed by atoms with Crippen LogP contribution in [0.5, 0.6) is 11.5 Å². The number of aldehydes is 1. The predicted molar refractivity (Wildman–Crippen MR) is 201 cm³/mol. The van der Waals surface area contributed by atoms with Crippen molar-refractivity contribution >= 4 is 17.9 Å². The third-order valence-electron chi connectivity index (χ3n) is 8.81. The van der Waals surface area contributed by atoms with E-state index in [2.05, 4.69) is 89.8 Å². The van der Waals surface area contributed by atoms with Gasteiger partial charge in [-0.25, -0.2) is 0 Å². The van der Waals surface area contributed by atoms with Crippen LogP contribution in [-0.4, -0.2) is 16.3 Å². The van der Waals surface area contributed by atoms with E-state index >= 15 is 0 Å². The smallest absolute Gasteiger partial charge is 0.153 e. The molecule has 4 aromatic carbocycles. The number of hydrogen-bond acceptors (Lipinski definition) is 8. The number of halogens is 1. The molecule has 0 atom stereocenters. The maximum atomic E-state index is 11.8. The molecule has 8 nitrogen and oxygen atoms in total. The lowest BCUT2D eigenvalue weighted by molar-refractivity contribution is 0.111. The average molecular weight is 704 g/mol. The lowest BCUT2D eigenvalue weighted by atomic mass is 9.89. The highest BCUT2D eigenvalue weighted by atomic mass is 35.5. The van der Waals surface area contributed by atoms with E-state index in [1.54, 1.807) is 30.7 Å². The molecule has 0 aliphatic heterocycles. The van der Waals surface area contributed by atoms with Crippen LogP contribution in [0.25, 0.3) is 22.3 Å². The topological polar surface area (TPSA) is 121 Å². The highest BCUT2D eigenvalue weighted by Gasteiger charge is 2.15. The van der Waals surface area contributed by atoms with E-state index in [1.165, 1.54) is 17.8 Å². The van der Waals surface area contributed by atoms with E-state index in [0.717, 1.165) is 44.5 Å². The van der Waals surface area contributed by atoms with Crippen LogP contribution in [0, 0.1) is 36.5 Å². The number of hydrogen-bond donors (Lipinski definition) is 1. The number of nitrogens with one attached hydrogen (secondary N) is 1. The number of carbonyl (C=O) groups excluding carboxylic acids is 1. The van der Waals surface area contributed by atoms with Crippen LogP contribution in [0.4, 0.5) is 0 Å². The molecule has 2 heterocycles. The minimum atomic E-state index is 0.115. The van der Waals surface area contributed by atoms with E-state index in [9.17, 15) is 10.1 Å². The van der Waals surface area contributed by atoms with Gasteiger partial charge in [-0.1, -0.05) is 72.3 Å². The molecular weight excluding hydrogens is 670 g/mol. The van der Waals surface area contributed by atoms with Gasteiger partial charge in [-0.05, 0) is 82.1 Å². The summed E-state index contributed by atoms with van der Waals surface area (Å²) in [6, 6.07) is 32.0. The molecule has 9 heteroatoms. The maximum absolute atomic E-state index is 11.8. The Balaban J connectivity index is 1.15. The summed E-state index contributed by atoms with van der Waals surface area (Å²) in [5.41, 5.74) is 11.9. The van der Waals surface area contributed by atoms with Gasteiger partial charge in [-0.15, -0.1) is 0 Å². The molecule has 0 spiro atoms. The van der Waals surface area contributed by atoms with Gasteiger partial charge < -0.3 is 14.8 Å². The molecule has 0 radical (unpaired) electrons. The van der Waals surface area contributed by atoms with E-state index in [1.807, 2.05) is 18.2 Å². The van der Waals surface area contributed by atoms with Crippen LogP contribution in [0.15, 0.2) is 110 Å². The van der Waals surface area contributed by atoms with Crippen molar-refractivity contribution in [1.29, 1.82) is 10.5 Å². The van der Waals surface area contributed by atoms with Crippen molar-refractivity contribution in [3.05, 3.63) is 165 Å². The summed E-state index contributed by atoms with van der Waals surface area (Å²) in [5.74, 6) is 0.705. The first kappa shape index (κ1) is 35.5. The van der Waals surface area contributed by atoms with Crippen LogP contribution < -0.4 is 14.8 Å². The number of nitriles is 2. The number of benzene rings is 4. The van der Waals surface area contributed by atoms with Crippen molar-refractivity contribution in [3.8, 4) is 45.9 Å². The summed E-state index contributed by atoms with van der Waals surface area (Å²) in [4.78, 5) is 20.0. The van der Waals surface area contributed by atoms with E-state index < -0.39 is 0 Å². The molecule has 0 aliphatic rings. The highest BCUT2D eigenvalue weighted by Crippen LogP contribution is 2.36. The number of nitrogens with zero attached hydrogens (tertiary/aromatic N) is 4. The first-order chi connectivity index (χ1) is 25.4. The summed E-state index contributed by atoms with van der Waals surface area (Å²) in [5, 5.41) is 22.0. The zero-order valence-electron chi connectivity index (χ0n) is 28.7. The normalized spacial score (nSPS) is 10.6. The average Bonchev–Trinajstić information content (AvgIpc) is 3.18. The molecule has 0 saturated carbocycles. The van der Waals surface area contributed by atoms with Crippen LogP contribution in [0.1, 0.15) is 54.9 Å². The van der Waals surface area contributed by atoms with Gasteiger partial charge in [0.15, 0.2) is 6.29 Å². The fourth-order valence-corrected chi connectivity index (χ4v) is 6.22. The molecule has 6 rings (SSSR count). The SMILES string of the molecule is Cc1c(COc2cc(OCc3cncc(C#N)c3)c(C=O)cc2Cl)cccc1-c1cccc(-c2ccc(CNCc3cncc(C#N)c3)cc2)c1C. The Kier molecular flexibility index (Phi) is 11.3. The minimum Gasteiger partial charge on any atom is -0.488 e. The summed E-state index contributed by atoms with van der Waals surface area (Å²) in [7, 11) is 0. The fraction of sp³-hybridized carbons (Fsp3) is 0.140. The summed E-state index contributed by atoms with van der Waals surface area (Å²) >= 11 is 6.54. The number of carbonyl (C=O) groups is 1. The maximum Gasteiger partial charge on any atom is 0.153 e. The summed E-state index contributed by atoms with van der Waals surface area (Å²) < 4.78 is 12.2. The van der Waals surface area contributed by atoms with Gasteiger partial charge in [0.1, 0.15) is 36.9 Å². The molecule has 6 aromatic rings. The van der Waals surface area contributed by atoms with Gasteiger partial charge in [0.25, 0.3) is 0 Å². The Hall–Kier alpha value is -6.32. The second-order valence-corrected chi connectivity index (χ2v) is 12.7. The zero-order valence-corrected chi connectivity index (χ0v) is 29.4. The van der Waals surface area contributed by atoms with Crippen LogP contribution in [-0.2, 0) is 26.3 Å². The van der Waals surface area contributed by atoms with Crippen molar-refractivity contribution in [3.63, 3.8) is 0 Å². The number of ether oxygens (including phenoxy) is 2. The van der Waals surface area contributed by atoms with Gasteiger partial charge in [0, 0.05) is 49.5 Å². The Morgan fingerprint density at radius 3 is 2.02 bits per heavy atom. The molecule has 0 fully saturated rings. The molecule has 0 amide bonds. The van der Waals surface area contributed by atoms with Crippen molar-refractivity contribution < 1.29 is 14.3 Å². The Morgan fingerprint density at radius 1 is 0.692 bits per heavy atom. The molecule has 0 bridgehead atoms. The van der Waals surface area contributed by atoms with Crippen LogP contribution >= 0.6 is 11.6 Å². The van der Waals surface area contributed by atoms with Gasteiger partial charge in [-0.3, -0.25) is 14.8 Å². The molecule has 2 aromatic heterocycles. The Labute approximate surface area is 307 Å². The molecule has 0 aliphatic carbocycles. The van der Waals surface area contributed by atoms with Crippen molar-refractivity contribution in [2.45, 2.75) is 40.2 Å². The molecule has 52 heavy (non-hydrogen) atoms. The second kappa shape index (κ2) is 16.6.